The van der Waals surface area contributed by atoms with Crippen LogP contribution in [0.4, 0.5) is 0 Å². The summed E-state index contributed by atoms with van der Waals surface area (Å²) in [6, 6.07) is 4.33. The molecule has 0 aliphatic heterocycles. The fraction of sp³-hybridized carbons (Fsp3) is 0.600. The number of hydrogen-bond donors (Lipinski definition) is 1. The van der Waals surface area contributed by atoms with Crippen LogP contribution in [0, 0.1) is 17.3 Å². The Morgan fingerprint density at radius 3 is 2.55 bits per heavy atom. The monoisotopic (exact) mass is 293 g/mol. The quantitative estimate of drug-likeness (QED) is 0.908. The van der Waals surface area contributed by atoms with Gasteiger partial charge in [0.15, 0.2) is 0 Å². The Morgan fingerprint density at radius 1 is 1.40 bits per heavy atom. The number of carbonyl (C=O) groups is 2. The van der Waals surface area contributed by atoms with E-state index in [2.05, 4.69) is 0 Å². The van der Waals surface area contributed by atoms with Gasteiger partial charge in [-0.25, -0.2) is 0 Å². The second-order valence-corrected chi connectivity index (χ2v) is 7.42. The maximum atomic E-state index is 12.7. The zero-order valence-electron chi connectivity index (χ0n) is 11.7. The van der Waals surface area contributed by atoms with Gasteiger partial charge in [0.25, 0.3) is 0 Å². The lowest BCUT2D eigenvalue weighted by atomic mass is 10.1. The largest absolute Gasteiger partial charge is 0.481 e. The van der Waals surface area contributed by atoms with Crippen molar-refractivity contribution in [1.82, 2.24) is 4.90 Å². The Morgan fingerprint density at radius 2 is 2.10 bits per heavy atom. The number of aliphatic carboxylic acids is 1. The predicted molar refractivity (Wildman–Crippen MR) is 76.3 cm³/mol. The van der Waals surface area contributed by atoms with Crippen LogP contribution in [0.5, 0.6) is 0 Å². The Balaban J connectivity index is 1.75. The van der Waals surface area contributed by atoms with Crippen molar-refractivity contribution in [3.05, 3.63) is 22.4 Å². The third kappa shape index (κ3) is 2.24. The molecule has 2 saturated carbocycles. The molecule has 2 fully saturated rings. The first kappa shape index (κ1) is 13.6. The maximum Gasteiger partial charge on any atom is 0.307 e. The number of rotatable bonds is 5. The van der Waals surface area contributed by atoms with E-state index in [4.69, 9.17) is 0 Å². The number of carboxylic acid groups (broad SMARTS) is 1. The molecule has 5 heteroatoms. The molecule has 108 valence electrons. The third-order valence-corrected chi connectivity index (χ3v) is 5.40. The number of thiophene rings is 1. The van der Waals surface area contributed by atoms with Gasteiger partial charge in [0.1, 0.15) is 0 Å². The minimum absolute atomic E-state index is 0.0262. The normalized spacial score (nSPS) is 27.1. The highest BCUT2D eigenvalue weighted by Crippen LogP contribution is 2.59. The van der Waals surface area contributed by atoms with E-state index in [1.165, 1.54) is 0 Å². The van der Waals surface area contributed by atoms with Crippen LogP contribution in [0.1, 0.15) is 31.6 Å². The molecule has 1 amide bonds. The summed E-state index contributed by atoms with van der Waals surface area (Å²) in [5.74, 6) is -1.71. The van der Waals surface area contributed by atoms with E-state index in [1.807, 2.05) is 36.3 Å². The molecule has 3 rings (SSSR count). The molecule has 1 aromatic rings. The van der Waals surface area contributed by atoms with Crippen molar-refractivity contribution in [2.45, 2.75) is 39.3 Å². The van der Waals surface area contributed by atoms with Gasteiger partial charge in [0.2, 0.25) is 5.91 Å². The molecule has 0 saturated heterocycles. The number of carbonyl (C=O) groups excluding carboxylic acids is 1. The van der Waals surface area contributed by atoms with Crippen LogP contribution in [-0.2, 0) is 16.1 Å². The standard InChI is InChI=1S/C15H19NO3S/c1-15(2)11(12(15)14(18)19)13(17)16(9-5-6-9)8-10-4-3-7-20-10/h3-4,7,9,11-12H,5-6,8H2,1-2H3,(H,18,19). The van der Waals surface area contributed by atoms with Crippen LogP contribution in [0.15, 0.2) is 17.5 Å². The molecule has 2 unspecified atom stereocenters. The predicted octanol–water partition coefficient (Wildman–Crippen LogP) is 2.60. The molecule has 0 bridgehead atoms. The van der Waals surface area contributed by atoms with Gasteiger partial charge in [-0.15, -0.1) is 11.3 Å². The fourth-order valence-electron chi connectivity index (χ4n) is 3.08. The highest BCUT2D eigenvalue weighted by molar-refractivity contribution is 7.09. The summed E-state index contributed by atoms with van der Waals surface area (Å²) in [5.41, 5.74) is -0.411. The van der Waals surface area contributed by atoms with Gasteiger partial charge in [-0.3, -0.25) is 9.59 Å². The summed E-state index contributed by atoms with van der Waals surface area (Å²) in [5, 5.41) is 11.2. The first-order valence-electron chi connectivity index (χ1n) is 6.98. The summed E-state index contributed by atoms with van der Waals surface area (Å²) in [6.07, 6.45) is 2.09. The second kappa shape index (κ2) is 4.58. The molecule has 0 aromatic carbocycles. The first-order chi connectivity index (χ1) is 9.43. The topological polar surface area (TPSA) is 57.6 Å². The Bertz CT molecular complexity index is 533. The summed E-state index contributed by atoms with van der Waals surface area (Å²) >= 11 is 1.64. The zero-order valence-corrected chi connectivity index (χ0v) is 12.5. The summed E-state index contributed by atoms with van der Waals surface area (Å²) in [4.78, 5) is 27.0. The smallest absolute Gasteiger partial charge is 0.307 e. The molecule has 4 nitrogen and oxygen atoms in total. The zero-order chi connectivity index (χ0) is 14.5. The average molecular weight is 293 g/mol. The van der Waals surface area contributed by atoms with Crippen LogP contribution < -0.4 is 0 Å². The van der Waals surface area contributed by atoms with Gasteiger partial charge in [0, 0.05) is 10.9 Å². The highest BCUT2D eigenvalue weighted by atomic mass is 32.1. The summed E-state index contributed by atoms with van der Waals surface area (Å²) in [6.45, 7) is 4.38. The number of nitrogens with zero attached hydrogens (tertiary/aromatic N) is 1. The van der Waals surface area contributed by atoms with E-state index in [0.29, 0.717) is 12.6 Å². The van der Waals surface area contributed by atoms with Gasteiger partial charge in [0.05, 0.1) is 18.4 Å². The van der Waals surface area contributed by atoms with Crippen LogP contribution in [0.2, 0.25) is 0 Å². The number of hydrogen-bond acceptors (Lipinski definition) is 3. The van der Waals surface area contributed by atoms with Crippen LogP contribution in [0.25, 0.3) is 0 Å². The lowest BCUT2D eigenvalue weighted by molar-refractivity contribution is -0.142. The van der Waals surface area contributed by atoms with E-state index < -0.39 is 17.3 Å². The van der Waals surface area contributed by atoms with E-state index in [0.717, 1.165) is 17.7 Å². The molecule has 20 heavy (non-hydrogen) atoms. The van der Waals surface area contributed by atoms with Gasteiger partial charge in [-0.1, -0.05) is 19.9 Å². The van der Waals surface area contributed by atoms with Crippen molar-refractivity contribution in [3.8, 4) is 0 Å². The van der Waals surface area contributed by atoms with Gasteiger partial charge in [-0.2, -0.15) is 0 Å². The molecule has 0 spiro atoms. The molecule has 2 aliphatic carbocycles. The van der Waals surface area contributed by atoms with Crippen molar-refractivity contribution in [1.29, 1.82) is 0 Å². The van der Waals surface area contributed by atoms with Crippen molar-refractivity contribution < 1.29 is 14.7 Å². The van der Waals surface area contributed by atoms with E-state index in [9.17, 15) is 14.7 Å². The van der Waals surface area contributed by atoms with Gasteiger partial charge < -0.3 is 10.0 Å². The van der Waals surface area contributed by atoms with Crippen LogP contribution >= 0.6 is 11.3 Å². The molecule has 1 aromatic heterocycles. The van der Waals surface area contributed by atoms with Crippen LogP contribution in [0.3, 0.4) is 0 Å². The summed E-state index contributed by atoms with van der Waals surface area (Å²) in [7, 11) is 0. The molecule has 2 atom stereocenters. The second-order valence-electron chi connectivity index (χ2n) is 6.39. The molecule has 1 heterocycles. The SMILES string of the molecule is CC1(C)C(C(=O)O)C1C(=O)N(Cc1cccs1)C1CC1. The van der Waals surface area contributed by atoms with Gasteiger partial charge >= 0.3 is 5.97 Å². The molecule has 2 aliphatic rings. The lowest BCUT2D eigenvalue weighted by Crippen LogP contribution is -2.35. The molecule has 0 radical (unpaired) electrons. The van der Waals surface area contributed by atoms with Crippen molar-refractivity contribution in [2.24, 2.45) is 17.3 Å². The number of amides is 1. The van der Waals surface area contributed by atoms with Crippen molar-refractivity contribution in [2.75, 3.05) is 0 Å². The average Bonchev–Trinajstić information content (AvgIpc) is 3.23. The highest BCUT2D eigenvalue weighted by Gasteiger charge is 2.67. The molecule has 1 N–H and O–H groups in total. The first-order valence-corrected chi connectivity index (χ1v) is 7.86. The number of carboxylic acids is 1. The van der Waals surface area contributed by atoms with E-state index >= 15 is 0 Å². The van der Waals surface area contributed by atoms with Crippen molar-refractivity contribution in [3.63, 3.8) is 0 Å². The maximum absolute atomic E-state index is 12.7. The Kier molecular flexibility index (Phi) is 3.12. The fourth-order valence-corrected chi connectivity index (χ4v) is 3.78. The Labute approximate surface area is 122 Å². The Hall–Kier alpha value is -1.36. The van der Waals surface area contributed by atoms with Crippen LogP contribution in [-0.4, -0.2) is 27.9 Å². The minimum Gasteiger partial charge on any atom is -0.481 e. The van der Waals surface area contributed by atoms with E-state index in [1.54, 1.807) is 11.3 Å². The van der Waals surface area contributed by atoms with Gasteiger partial charge in [-0.05, 0) is 29.7 Å². The third-order valence-electron chi connectivity index (χ3n) is 4.54. The lowest BCUT2D eigenvalue weighted by Gasteiger charge is -2.22. The minimum atomic E-state index is -0.847. The van der Waals surface area contributed by atoms with Crippen molar-refractivity contribution >= 4 is 23.2 Å². The summed E-state index contributed by atoms with van der Waals surface area (Å²) < 4.78 is 0. The van der Waals surface area contributed by atoms with E-state index in [-0.39, 0.29) is 11.8 Å². The molecular formula is C15H19NO3S. The molecular weight excluding hydrogens is 274 g/mol.